The standard InChI is InChI=1S/C16H24N2O2/c19-15(17-13-7-9-1-3-11(13)5-9)16(20)18-14-8-10-2-4-12(14)6-10/h9-14H,1-8H2,(H,17,19)(H,18,20). The first-order chi connectivity index (χ1) is 9.69. The summed E-state index contributed by atoms with van der Waals surface area (Å²) in [5.41, 5.74) is 0. The molecule has 0 aromatic heterocycles. The Hall–Kier alpha value is -1.06. The van der Waals surface area contributed by atoms with Crippen LogP contribution in [0.4, 0.5) is 0 Å². The topological polar surface area (TPSA) is 58.2 Å². The van der Waals surface area contributed by atoms with Crippen molar-refractivity contribution < 1.29 is 9.59 Å². The molecule has 2 amide bonds. The molecule has 4 aliphatic carbocycles. The van der Waals surface area contributed by atoms with Crippen LogP contribution in [-0.4, -0.2) is 23.9 Å². The van der Waals surface area contributed by atoms with Crippen molar-refractivity contribution in [3.63, 3.8) is 0 Å². The predicted octanol–water partition coefficient (Wildman–Crippen LogP) is 1.60. The van der Waals surface area contributed by atoms with Gasteiger partial charge in [-0.2, -0.15) is 0 Å². The summed E-state index contributed by atoms with van der Waals surface area (Å²) in [6.45, 7) is 0. The van der Waals surface area contributed by atoms with Gasteiger partial charge in [-0.15, -0.1) is 0 Å². The van der Waals surface area contributed by atoms with Crippen LogP contribution in [-0.2, 0) is 9.59 Å². The van der Waals surface area contributed by atoms with E-state index in [0.29, 0.717) is 11.8 Å². The Labute approximate surface area is 120 Å². The highest BCUT2D eigenvalue weighted by Crippen LogP contribution is 2.45. The van der Waals surface area contributed by atoms with Gasteiger partial charge in [0.05, 0.1) is 0 Å². The molecule has 0 heterocycles. The van der Waals surface area contributed by atoms with Gasteiger partial charge in [-0.25, -0.2) is 0 Å². The van der Waals surface area contributed by atoms with Gasteiger partial charge in [0.15, 0.2) is 0 Å². The van der Waals surface area contributed by atoms with Gasteiger partial charge < -0.3 is 10.6 Å². The van der Waals surface area contributed by atoms with Crippen molar-refractivity contribution in [2.24, 2.45) is 23.7 Å². The van der Waals surface area contributed by atoms with Crippen LogP contribution >= 0.6 is 0 Å². The van der Waals surface area contributed by atoms with Crippen LogP contribution in [0.25, 0.3) is 0 Å². The van der Waals surface area contributed by atoms with E-state index >= 15 is 0 Å². The molecule has 110 valence electrons. The molecule has 4 rings (SSSR count). The van der Waals surface area contributed by atoms with Crippen LogP contribution in [0.3, 0.4) is 0 Å². The zero-order chi connectivity index (χ0) is 13.7. The minimum absolute atomic E-state index is 0.257. The molecule has 0 spiro atoms. The smallest absolute Gasteiger partial charge is 0.309 e. The molecular formula is C16H24N2O2. The van der Waals surface area contributed by atoms with E-state index in [4.69, 9.17) is 0 Å². The normalized spacial score (nSPS) is 44.8. The molecule has 6 unspecified atom stereocenters. The second-order valence-electron chi connectivity index (χ2n) is 7.51. The van der Waals surface area contributed by atoms with E-state index in [-0.39, 0.29) is 12.1 Å². The van der Waals surface area contributed by atoms with Crippen molar-refractivity contribution in [2.45, 2.75) is 63.5 Å². The third-order valence-electron chi connectivity index (χ3n) is 6.32. The molecule has 0 radical (unpaired) electrons. The first-order valence-electron chi connectivity index (χ1n) is 8.30. The molecule has 0 aromatic carbocycles. The highest BCUT2D eigenvalue weighted by molar-refractivity contribution is 6.35. The van der Waals surface area contributed by atoms with Gasteiger partial charge in [0.1, 0.15) is 0 Å². The van der Waals surface area contributed by atoms with Gasteiger partial charge in [-0.05, 0) is 62.2 Å². The molecule has 4 fully saturated rings. The lowest BCUT2D eigenvalue weighted by atomic mass is 9.95. The summed E-state index contributed by atoms with van der Waals surface area (Å²) >= 11 is 0. The summed E-state index contributed by atoms with van der Waals surface area (Å²) in [7, 11) is 0. The van der Waals surface area contributed by atoms with Crippen molar-refractivity contribution in [3.8, 4) is 0 Å². The molecule has 0 saturated heterocycles. The minimum atomic E-state index is -0.398. The van der Waals surface area contributed by atoms with Crippen LogP contribution in [0.1, 0.15) is 51.4 Å². The van der Waals surface area contributed by atoms with Gasteiger partial charge in [0, 0.05) is 12.1 Å². The molecule has 4 bridgehead atoms. The molecule has 0 aromatic rings. The van der Waals surface area contributed by atoms with Crippen LogP contribution in [0.5, 0.6) is 0 Å². The van der Waals surface area contributed by atoms with E-state index in [1.807, 2.05) is 0 Å². The van der Waals surface area contributed by atoms with E-state index < -0.39 is 11.8 Å². The number of rotatable bonds is 2. The lowest BCUT2D eigenvalue weighted by Crippen LogP contribution is -2.49. The summed E-state index contributed by atoms with van der Waals surface area (Å²) in [6.07, 6.45) is 9.74. The van der Waals surface area contributed by atoms with E-state index in [9.17, 15) is 9.59 Å². The summed E-state index contributed by atoms with van der Waals surface area (Å²) < 4.78 is 0. The number of hydrogen-bond donors (Lipinski definition) is 2. The highest BCUT2D eigenvalue weighted by atomic mass is 16.2. The van der Waals surface area contributed by atoms with E-state index in [1.54, 1.807) is 0 Å². The third-order valence-corrected chi connectivity index (χ3v) is 6.32. The van der Waals surface area contributed by atoms with Gasteiger partial charge in [-0.1, -0.05) is 12.8 Å². The average molecular weight is 276 g/mol. The molecule has 0 aliphatic heterocycles. The first kappa shape index (κ1) is 12.7. The van der Waals surface area contributed by atoms with Gasteiger partial charge in [0.2, 0.25) is 0 Å². The Morgan fingerprint density at radius 3 is 1.40 bits per heavy atom. The van der Waals surface area contributed by atoms with Crippen LogP contribution in [0, 0.1) is 23.7 Å². The fourth-order valence-corrected chi connectivity index (χ4v) is 5.31. The molecule has 6 atom stereocenters. The van der Waals surface area contributed by atoms with Gasteiger partial charge >= 0.3 is 11.8 Å². The van der Waals surface area contributed by atoms with Crippen LogP contribution in [0.15, 0.2) is 0 Å². The fraction of sp³-hybridized carbons (Fsp3) is 0.875. The van der Waals surface area contributed by atoms with E-state index in [2.05, 4.69) is 10.6 Å². The molecule has 4 heteroatoms. The quantitative estimate of drug-likeness (QED) is 0.753. The number of hydrogen-bond acceptors (Lipinski definition) is 2. The Kier molecular flexibility index (Phi) is 3.00. The fourth-order valence-electron chi connectivity index (χ4n) is 5.31. The van der Waals surface area contributed by atoms with E-state index in [1.165, 1.54) is 38.5 Å². The van der Waals surface area contributed by atoms with Crippen molar-refractivity contribution in [2.75, 3.05) is 0 Å². The van der Waals surface area contributed by atoms with Crippen molar-refractivity contribution in [1.82, 2.24) is 10.6 Å². The molecular weight excluding hydrogens is 252 g/mol. The first-order valence-corrected chi connectivity index (χ1v) is 8.30. The summed E-state index contributed by atoms with van der Waals surface area (Å²) in [4.78, 5) is 24.1. The Bertz CT molecular complexity index is 396. The monoisotopic (exact) mass is 276 g/mol. The SMILES string of the molecule is O=C(NC1CC2CCC1C2)C(=O)NC1CC2CCC1C2. The molecule has 2 N–H and O–H groups in total. The summed E-state index contributed by atoms with van der Waals surface area (Å²) in [5.74, 6) is 2.03. The number of amides is 2. The number of carbonyl (C=O) groups excluding carboxylic acids is 2. The molecule has 20 heavy (non-hydrogen) atoms. The second kappa shape index (κ2) is 4.74. The number of carbonyl (C=O) groups is 2. The molecule has 4 aliphatic rings. The maximum Gasteiger partial charge on any atom is 0.309 e. The van der Waals surface area contributed by atoms with Crippen LogP contribution in [0.2, 0.25) is 0 Å². The third kappa shape index (κ3) is 2.13. The van der Waals surface area contributed by atoms with Crippen LogP contribution < -0.4 is 10.6 Å². The van der Waals surface area contributed by atoms with Gasteiger partial charge in [-0.3, -0.25) is 9.59 Å². The summed E-state index contributed by atoms with van der Waals surface area (Å²) in [6, 6.07) is 0.513. The minimum Gasteiger partial charge on any atom is -0.345 e. The molecule has 4 saturated carbocycles. The number of nitrogens with one attached hydrogen (secondary N) is 2. The maximum atomic E-state index is 12.0. The molecule has 4 nitrogen and oxygen atoms in total. The Morgan fingerprint density at radius 2 is 1.10 bits per heavy atom. The zero-order valence-corrected chi connectivity index (χ0v) is 11.9. The van der Waals surface area contributed by atoms with Gasteiger partial charge in [0.25, 0.3) is 0 Å². The van der Waals surface area contributed by atoms with Crippen molar-refractivity contribution in [3.05, 3.63) is 0 Å². The van der Waals surface area contributed by atoms with Crippen molar-refractivity contribution >= 4 is 11.8 Å². The highest BCUT2D eigenvalue weighted by Gasteiger charge is 2.42. The zero-order valence-electron chi connectivity index (χ0n) is 11.9. The second-order valence-corrected chi connectivity index (χ2v) is 7.51. The predicted molar refractivity (Wildman–Crippen MR) is 74.8 cm³/mol. The largest absolute Gasteiger partial charge is 0.345 e. The van der Waals surface area contributed by atoms with E-state index in [0.717, 1.165) is 24.7 Å². The van der Waals surface area contributed by atoms with Crippen molar-refractivity contribution in [1.29, 1.82) is 0 Å². The maximum absolute atomic E-state index is 12.0. The number of fused-ring (bicyclic) bond motifs is 4. The Balaban J connectivity index is 1.29. The lowest BCUT2D eigenvalue weighted by Gasteiger charge is -2.25. The average Bonchev–Trinajstić information content (AvgIpc) is 3.18. The Morgan fingerprint density at radius 1 is 0.650 bits per heavy atom. The summed E-state index contributed by atoms with van der Waals surface area (Å²) in [5, 5.41) is 5.95. The lowest BCUT2D eigenvalue weighted by molar-refractivity contribution is -0.140.